The Labute approximate surface area is 179 Å². The van der Waals surface area contributed by atoms with Gasteiger partial charge in [-0.1, -0.05) is 18.2 Å². The molecule has 2 heterocycles. The number of alkyl halides is 3. The lowest BCUT2D eigenvalue weighted by Crippen LogP contribution is -2.46. The molecule has 1 saturated heterocycles. The second kappa shape index (κ2) is 9.01. The van der Waals surface area contributed by atoms with E-state index in [1.54, 1.807) is 12.3 Å². The van der Waals surface area contributed by atoms with Crippen molar-refractivity contribution in [2.75, 3.05) is 37.7 Å². The maximum atomic E-state index is 13.0. The van der Waals surface area contributed by atoms with Crippen molar-refractivity contribution in [3.63, 3.8) is 0 Å². The van der Waals surface area contributed by atoms with Gasteiger partial charge in [-0.15, -0.1) is 0 Å². The summed E-state index contributed by atoms with van der Waals surface area (Å²) in [7, 11) is 0. The van der Waals surface area contributed by atoms with Crippen LogP contribution in [0.5, 0.6) is 5.75 Å². The summed E-state index contributed by atoms with van der Waals surface area (Å²) in [5.74, 6) is 1.25. The maximum Gasteiger partial charge on any atom is 0.416 e. The van der Waals surface area contributed by atoms with Crippen LogP contribution in [0.15, 0.2) is 59.2 Å². The van der Waals surface area contributed by atoms with Crippen molar-refractivity contribution < 1.29 is 22.3 Å². The maximum absolute atomic E-state index is 13.0. The van der Waals surface area contributed by atoms with E-state index >= 15 is 0 Å². The van der Waals surface area contributed by atoms with Gasteiger partial charge in [0.1, 0.15) is 12.0 Å². The highest BCUT2D eigenvalue weighted by Crippen LogP contribution is 2.32. The van der Waals surface area contributed by atoms with Gasteiger partial charge in [0.15, 0.2) is 0 Å². The van der Waals surface area contributed by atoms with Gasteiger partial charge in [0.25, 0.3) is 0 Å². The Morgan fingerprint density at radius 2 is 1.81 bits per heavy atom. The highest BCUT2D eigenvalue weighted by atomic mass is 19.4. The van der Waals surface area contributed by atoms with E-state index in [0.717, 1.165) is 36.2 Å². The van der Waals surface area contributed by atoms with Crippen LogP contribution in [0.3, 0.4) is 0 Å². The van der Waals surface area contributed by atoms with Gasteiger partial charge in [0.2, 0.25) is 5.89 Å². The van der Waals surface area contributed by atoms with Crippen LogP contribution in [0.25, 0.3) is 11.5 Å². The van der Waals surface area contributed by atoms with Crippen molar-refractivity contribution in [2.24, 2.45) is 0 Å². The molecule has 0 spiro atoms. The number of nitrogens with zero attached hydrogens (tertiary/aromatic N) is 3. The largest absolute Gasteiger partial charge is 0.493 e. The first-order chi connectivity index (χ1) is 14.9. The summed E-state index contributed by atoms with van der Waals surface area (Å²) < 4.78 is 50.3. The van der Waals surface area contributed by atoms with E-state index in [1.807, 2.05) is 36.1 Å². The van der Waals surface area contributed by atoms with Crippen molar-refractivity contribution in [1.82, 2.24) is 9.88 Å². The molecular formula is C23H24F3N3O2. The van der Waals surface area contributed by atoms with Crippen LogP contribution in [0.1, 0.15) is 18.2 Å². The van der Waals surface area contributed by atoms with Crippen molar-refractivity contribution >= 4 is 5.69 Å². The van der Waals surface area contributed by atoms with Crippen LogP contribution >= 0.6 is 0 Å². The number of rotatable bonds is 6. The molecule has 164 valence electrons. The summed E-state index contributed by atoms with van der Waals surface area (Å²) in [6, 6.07) is 13.1. The van der Waals surface area contributed by atoms with E-state index < -0.39 is 11.7 Å². The molecule has 0 aliphatic carbocycles. The van der Waals surface area contributed by atoms with E-state index in [4.69, 9.17) is 9.15 Å². The number of para-hydroxylation sites is 1. The summed E-state index contributed by atoms with van der Waals surface area (Å²) in [5.41, 5.74) is 1.61. The third-order valence-electron chi connectivity index (χ3n) is 5.27. The highest BCUT2D eigenvalue weighted by Gasteiger charge is 2.31. The van der Waals surface area contributed by atoms with Gasteiger partial charge in [-0.2, -0.15) is 13.2 Å². The molecule has 4 rings (SSSR count). The minimum atomic E-state index is -4.33. The minimum absolute atomic E-state index is 0.515. The molecule has 1 aliphatic rings. The van der Waals surface area contributed by atoms with Gasteiger partial charge in [-0.25, -0.2) is 4.98 Å². The smallest absolute Gasteiger partial charge is 0.416 e. The number of hydrogen-bond donors (Lipinski definition) is 0. The average molecular weight is 431 g/mol. The van der Waals surface area contributed by atoms with Gasteiger partial charge in [-0.3, -0.25) is 4.90 Å². The zero-order valence-electron chi connectivity index (χ0n) is 17.2. The van der Waals surface area contributed by atoms with E-state index in [-0.39, 0.29) is 0 Å². The van der Waals surface area contributed by atoms with Crippen LogP contribution in [-0.2, 0) is 12.7 Å². The second-order valence-corrected chi connectivity index (χ2v) is 7.38. The minimum Gasteiger partial charge on any atom is -0.493 e. The summed E-state index contributed by atoms with van der Waals surface area (Å²) in [5, 5.41) is 0. The summed E-state index contributed by atoms with van der Waals surface area (Å²) in [6.45, 7) is 5.87. The zero-order valence-corrected chi connectivity index (χ0v) is 17.2. The number of ether oxygens (including phenoxy) is 1. The standard InChI is InChI=1S/C23H24F3N3O2/c1-2-30-21-9-4-3-8-20(21)22-27-18(16-31-22)15-28-10-12-29(13-11-28)19-7-5-6-17(14-19)23(24,25)26/h3-9,14,16H,2,10-13,15H2,1H3. The van der Waals surface area contributed by atoms with E-state index in [9.17, 15) is 13.2 Å². The van der Waals surface area contributed by atoms with Crippen molar-refractivity contribution in [3.8, 4) is 17.2 Å². The Hall–Kier alpha value is -3.00. The fourth-order valence-electron chi connectivity index (χ4n) is 3.70. The number of aromatic nitrogens is 1. The number of halogens is 3. The van der Waals surface area contributed by atoms with Gasteiger partial charge in [0.05, 0.1) is 23.4 Å². The van der Waals surface area contributed by atoms with Crippen LogP contribution in [0, 0.1) is 0 Å². The van der Waals surface area contributed by atoms with Crippen LogP contribution in [0.2, 0.25) is 0 Å². The molecule has 0 saturated carbocycles. The molecule has 31 heavy (non-hydrogen) atoms. The van der Waals surface area contributed by atoms with E-state index in [1.165, 1.54) is 12.1 Å². The highest BCUT2D eigenvalue weighted by molar-refractivity contribution is 5.62. The molecule has 0 N–H and O–H groups in total. The van der Waals surface area contributed by atoms with Gasteiger partial charge >= 0.3 is 6.18 Å². The van der Waals surface area contributed by atoms with Gasteiger partial charge in [-0.05, 0) is 37.3 Å². The molecule has 0 radical (unpaired) electrons. The first-order valence-electron chi connectivity index (χ1n) is 10.2. The Morgan fingerprint density at radius 1 is 1.03 bits per heavy atom. The van der Waals surface area contributed by atoms with E-state index in [0.29, 0.717) is 37.8 Å². The predicted molar refractivity (Wildman–Crippen MR) is 112 cm³/mol. The monoisotopic (exact) mass is 431 g/mol. The lowest BCUT2D eigenvalue weighted by molar-refractivity contribution is -0.137. The van der Waals surface area contributed by atoms with Crippen LogP contribution < -0.4 is 9.64 Å². The number of piperazine rings is 1. The topological polar surface area (TPSA) is 41.7 Å². The first kappa shape index (κ1) is 21.2. The molecule has 3 aromatic rings. The summed E-state index contributed by atoms with van der Waals surface area (Å²) in [4.78, 5) is 8.81. The average Bonchev–Trinajstić information content (AvgIpc) is 3.23. The number of anilines is 1. The molecule has 8 heteroatoms. The molecule has 1 aromatic heterocycles. The fourth-order valence-corrected chi connectivity index (χ4v) is 3.70. The number of hydrogen-bond acceptors (Lipinski definition) is 5. The van der Waals surface area contributed by atoms with Gasteiger partial charge < -0.3 is 14.1 Å². The van der Waals surface area contributed by atoms with E-state index in [2.05, 4.69) is 9.88 Å². The lowest BCUT2D eigenvalue weighted by atomic mass is 10.1. The molecule has 1 aliphatic heterocycles. The summed E-state index contributed by atoms with van der Waals surface area (Å²) in [6.07, 6.45) is -2.68. The van der Waals surface area contributed by atoms with Gasteiger partial charge in [0, 0.05) is 38.4 Å². The third kappa shape index (κ3) is 5.02. The number of oxazole rings is 1. The molecule has 0 unspecified atom stereocenters. The molecule has 0 bridgehead atoms. The van der Waals surface area contributed by atoms with Crippen molar-refractivity contribution in [2.45, 2.75) is 19.6 Å². The predicted octanol–water partition coefficient (Wildman–Crippen LogP) is 5.08. The molecule has 0 amide bonds. The molecule has 2 aromatic carbocycles. The SMILES string of the molecule is CCOc1ccccc1-c1nc(CN2CCN(c3cccc(C(F)(F)F)c3)CC2)co1. The fraction of sp³-hybridized carbons (Fsp3) is 0.348. The molecule has 0 atom stereocenters. The number of benzene rings is 2. The van der Waals surface area contributed by atoms with Crippen LogP contribution in [-0.4, -0.2) is 42.7 Å². The quantitative estimate of drug-likeness (QED) is 0.544. The molecule has 5 nitrogen and oxygen atoms in total. The summed E-state index contributed by atoms with van der Waals surface area (Å²) >= 11 is 0. The Bertz CT molecular complexity index is 1010. The Balaban J connectivity index is 1.37. The van der Waals surface area contributed by atoms with Crippen molar-refractivity contribution in [3.05, 3.63) is 66.1 Å². The Kier molecular flexibility index (Phi) is 6.18. The van der Waals surface area contributed by atoms with Crippen LogP contribution in [0.4, 0.5) is 18.9 Å². The zero-order chi connectivity index (χ0) is 21.8. The third-order valence-corrected chi connectivity index (χ3v) is 5.27. The first-order valence-corrected chi connectivity index (χ1v) is 10.2. The van der Waals surface area contributed by atoms with Crippen molar-refractivity contribution in [1.29, 1.82) is 0 Å². The molecule has 1 fully saturated rings. The second-order valence-electron chi connectivity index (χ2n) is 7.38. The lowest BCUT2D eigenvalue weighted by Gasteiger charge is -2.36. The normalized spacial score (nSPS) is 15.3. The Morgan fingerprint density at radius 3 is 2.55 bits per heavy atom. The molecular weight excluding hydrogens is 407 g/mol.